The second kappa shape index (κ2) is 8.54. The highest BCUT2D eigenvalue weighted by atomic mass is 32.2. The van der Waals surface area contributed by atoms with Gasteiger partial charge >= 0.3 is 0 Å². The van der Waals surface area contributed by atoms with Gasteiger partial charge in [0.25, 0.3) is 5.91 Å². The summed E-state index contributed by atoms with van der Waals surface area (Å²) in [7, 11) is -1.55. The molecule has 2 aromatic rings. The van der Waals surface area contributed by atoms with Crippen molar-refractivity contribution in [2.75, 3.05) is 26.5 Å². The minimum atomic E-state index is -3.16. The predicted octanol–water partition coefficient (Wildman–Crippen LogP) is 2.04. The summed E-state index contributed by atoms with van der Waals surface area (Å²) in [5, 5.41) is 2.92. The Bertz CT molecular complexity index is 975. The van der Waals surface area contributed by atoms with Crippen molar-refractivity contribution < 1.29 is 17.9 Å². The molecule has 1 aromatic carbocycles. The number of amides is 1. The Kier molecular flexibility index (Phi) is 6.28. The van der Waals surface area contributed by atoms with E-state index in [9.17, 15) is 13.2 Å². The average Bonchev–Trinajstić information content (AvgIpc) is 3.00. The van der Waals surface area contributed by atoms with Crippen LogP contribution in [0.25, 0.3) is 0 Å². The van der Waals surface area contributed by atoms with Gasteiger partial charge in [0, 0.05) is 31.4 Å². The molecule has 0 unspecified atom stereocenters. The Balaban J connectivity index is 1.67. The van der Waals surface area contributed by atoms with E-state index in [1.165, 1.54) is 10.6 Å². The normalized spacial score (nSPS) is 16.0. The molecule has 0 radical (unpaired) electrons. The molecule has 0 bridgehead atoms. The minimum Gasteiger partial charge on any atom is -0.497 e. The van der Waals surface area contributed by atoms with Crippen molar-refractivity contribution in [1.82, 2.24) is 19.2 Å². The first-order valence-corrected chi connectivity index (χ1v) is 11.5. The first-order valence-electron chi connectivity index (χ1n) is 9.62. The van der Waals surface area contributed by atoms with Gasteiger partial charge in [-0.3, -0.25) is 4.79 Å². The second-order valence-corrected chi connectivity index (χ2v) is 9.37. The number of aryl methyl sites for hydroxylation is 1. The van der Waals surface area contributed by atoms with Gasteiger partial charge in [0.1, 0.15) is 17.3 Å². The van der Waals surface area contributed by atoms with E-state index in [2.05, 4.69) is 14.9 Å². The number of nitrogens with one attached hydrogen (secondary N) is 1. The van der Waals surface area contributed by atoms with Crippen molar-refractivity contribution in [2.45, 2.75) is 39.3 Å². The van der Waals surface area contributed by atoms with Gasteiger partial charge < -0.3 is 14.6 Å². The van der Waals surface area contributed by atoms with E-state index < -0.39 is 10.0 Å². The van der Waals surface area contributed by atoms with E-state index in [1.807, 2.05) is 38.1 Å². The zero-order valence-corrected chi connectivity index (χ0v) is 18.1. The number of rotatable bonds is 6. The molecule has 1 aliphatic rings. The van der Waals surface area contributed by atoms with Crippen molar-refractivity contribution in [3.8, 4) is 5.75 Å². The van der Waals surface area contributed by atoms with E-state index in [1.54, 1.807) is 7.11 Å². The molecule has 9 heteroatoms. The van der Waals surface area contributed by atoms with Gasteiger partial charge in [-0.25, -0.2) is 17.7 Å². The lowest BCUT2D eigenvalue weighted by molar-refractivity contribution is 0.0945. The van der Waals surface area contributed by atoms with Crippen LogP contribution < -0.4 is 10.1 Å². The van der Waals surface area contributed by atoms with Crippen molar-refractivity contribution in [1.29, 1.82) is 0 Å². The smallest absolute Gasteiger partial charge is 0.272 e. The van der Waals surface area contributed by atoms with Gasteiger partial charge in [-0.15, -0.1) is 0 Å². The lowest BCUT2D eigenvalue weighted by Gasteiger charge is -2.32. The molecule has 2 heterocycles. The standard InChI is InChI=1S/C20H28N4O4S/c1-14-19(20(25)21-13-16-5-7-18(28-3)8-6-16)22-15(2)24(14)17-9-11-23(12-10-17)29(4,26)27/h5-8,17H,9-13H2,1-4H3,(H,21,25). The molecule has 0 atom stereocenters. The molecule has 3 rings (SSSR count). The van der Waals surface area contributed by atoms with Gasteiger partial charge in [0.05, 0.1) is 13.4 Å². The summed E-state index contributed by atoms with van der Waals surface area (Å²) in [5.41, 5.74) is 2.20. The molecule has 1 amide bonds. The van der Waals surface area contributed by atoms with E-state index >= 15 is 0 Å². The van der Waals surface area contributed by atoms with Gasteiger partial charge in [-0.2, -0.15) is 0 Å². The van der Waals surface area contributed by atoms with Crippen molar-refractivity contribution in [2.24, 2.45) is 0 Å². The van der Waals surface area contributed by atoms with E-state index in [0.29, 0.717) is 38.2 Å². The molecule has 1 aliphatic heterocycles. The topological polar surface area (TPSA) is 93.5 Å². The predicted molar refractivity (Wildman–Crippen MR) is 111 cm³/mol. The molecule has 1 aromatic heterocycles. The second-order valence-electron chi connectivity index (χ2n) is 7.39. The van der Waals surface area contributed by atoms with Gasteiger partial charge in [-0.1, -0.05) is 12.1 Å². The molecule has 29 heavy (non-hydrogen) atoms. The van der Waals surface area contributed by atoms with Crippen LogP contribution >= 0.6 is 0 Å². The third-order valence-corrected chi connectivity index (χ3v) is 6.71. The van der Waals surface area contributed by atoms with Crippen LogP contribution in [0.1, 0.15) is 46.5 Å². The number of nitrogens with zero attached hydrogens (tertiary/aromatic N) is 3. The molecular formula is C20H28N4O4S. The van der Waals surface area contributed by atoms with Crippen LogP contribution in [-0.4, -0.2) is 54.6 Å². The Hall–Kier alpha value is -2.39. The summed E-state index contributed by atoms with van der Waals surface area (Å²) in [6.45, 7) is 5.15. The Morgan fingerprint density at radius 2 is 1.83 bits per heavy atom. The van der Waals surface area contributed by atoms with Crippen LogP contribution in [0, 0.1) is 13.8 Å². The van der Waals surface area contributed by atoms with Crippen molar-refractivity contribution in [3.05, 3.63) is 47.0 Å². The Labute approximate surface area is 171 Å². The lowest BCUT2D eigenvalue weighted by atomic mass is 10.1. The number of sulfonamides is 1. The van der Waals surface area contributed by atoms with E-state index in [-0.39, 0.29) is 11.9 Å². The number of carbonyl (C=O) groups excluding carboxylic acids is 1. The number of hydrogen-bond donors (Lipinski definition) is 1. The summed E-state index contributed by atoms with van der Waals surface area (Å²) in [6.07, 6.45) is 2.66. The lowest BCUT2D eigenvalue weighted by Crippen LogP contribution is -2.38. The number of aromatic nitrogens is 2. The Morgan fingerprint density at radius 1 is 1.21 bits per heavy atom. The highest BCUT2D eigenvalue weighted by Crippen LogP contribution is 2.28. The molecule has 1 saturated heterocycles. The first kappa shape index (κ1) is 21.3. The molecule has 0 aliphatic carbocycles. The van der Waals surface area contributed by atoms with Crippen molar-refractivity contribution in [3.63, 3.8) is 0 Å². The minimum absolute atomic E-state index is 0.142. The Morgan fingerprint density at radius 3 is 2.38 bits per heavy atom. The van der Waals surface area contributed by atoms with Crippen LogP contribution in [0.15, 0.2) is 24.3 Å². The largest absolute Gasteiger partial charge is 0.497 e. The van der Waals surface area contributed by atoms with E-state index in [0.717, 1.165) is 22.8 Å². The zero-order valence-electron chi connectivity index (χ0n) is 17.3. The number of methoxy groups -OCH3 is 1. The molecular weight excluding hydrogens is 392 g/mol. The highest BCUT2D eigenvalue weighted by Gasteiger charge is 2.29. The number of ether oxygens (including phenoxy) is 1. The summed E-state index contributed by atoms with van der Waals surface area (Å²) in [4.78, 5) is 17.2. The summed E-state index contributed by atoms with van der Waals surface area (Å²) < 4.78 is 32.2. The zero-order chi connectivity index (χ0) is 21.2. The number of benzene rings is 1. The van der Waals surface area contributed by atoms with Crippen molar-refractivity contribution >= 4 is 15.9 Å². The maximum absolute atomic E-state index is 12.7. The van der Waals surface area contributed by atoms with Gasteiger partial charge in [0.2, 0.25) is 10.0 Å². The van der Waals surface area contributed by atoms with Crippen LogP contribution in [-0.2, 0) is 16.6 Å². The van der Waals surface area contributed by atoms with Gasteiger partial charge in [-0.05, 0) is 44.4 Å². The fourth-order valence-electron chi connectivity index (χ4n) is 3.85. The first-order chi connectivity index (χ1) is 13.7. The molecule has 8 nitrogen and oxygen atoms in total. The summed E-state index contributed by atoms with van der Waals surface area (Å²) >= 11 is 0. The maximum Gasteiger partial charge on any atom is 0.272 e. The quantitative estimate of drug-likeness (QED) is 0.772. The number of imidazole rings is 1. The van der Waals surface area contributed by atoms with Crippen LogP contribution in [0.4, 0.5) is 0 Å². The third kappa shape index (κ3) is 4.79. The van der Waals surface area contributed by atoms with Crippen LogP contribution in [0.5, 0.6) is 5.75 Å². The fraction of sp³-hybridized carbons (Fsp3) is 0.500. The molecule has 158 valence electrons. The monoisotopic (exact) mass is 420 g/mol. The molecule has 1 N–H and O–H groups in total. The molecule has 0 saturated carbocycles. The molecule has 0 spiro atoms. The molecule has 1 fully saturated rings. The van der Waals surface area contributed by atoms with Gasteiger partial charge in [0.15, 0.2) is 0 Å². The fourth-order valence-corrected chi connectivity index (χ4v) is 4.72. The third-order valence-electron chi connectivity index (χ3n) is 5.41. The average molecular weight is 421 g/mol. The van der Waals surface area contributed by atoms with Crippen LogP contribution in [0.3, 0.4) is 0 Å². The number of carbonyl (C=O) groups is 1. The number of hydrogen-bond acceptors (Lipinski definition) is 5. The number of piperidine rings is 1. The highest BCUT2D eigenvalue weighted by molar-refractivity contribution is 7.88. The van der Waals surface area contributed by atoms with Crippen LogP contribution in [0.2, 0.25) is 0 Å². The summed E-state index contributed by atoms with van der Waals surface area (Å²) in [5.74, 6) is 1.33. The van der Waals surface area contributed by atoms with E-state index in [4.69, 9.17) is 4.74 Å². The summed E-state index contributed by atoms with van der Waals surface area (Å²) in [6, 6.07) is 7.67. The maximum atomic E-state index is 12.7. The SMILES string of the molecule is COc1ccc(CNC(=O)c2nc(C)n(C3CCN(S(C)(=O)=O)CC3)c2C)cc1.